The first-order valence-electron chi connectivity index (χ1n) is 9.69. The summed E-state index contributed by atoms with van der Waals surface area (Å²) in [5, 5.41) is 0. The maximum atomic E-state index is 4.99. The molecule has 0 bridgehead atoms. The van der Waals surface area contributed by atoms with Crippen molar-refractivity contribution in [1.82, 2.24) is 0 Å². The average Bonchev–Trinajstić information content (AvgIpc) is 2.74. The second-order valence-electron chi connectivity index (χ2n) is 6.73. The van der Waals surface area contributed by atoms with E-state index in [1.54, 1.807) is 0 Å². The van der Waals surface area contributed by atoms with Crippen LogP contribution in [0.3, 0.4) is 0 Å². The molecule has 3 aromatic carbocycles. The van der Waals surface area contributed by atoms with Crippen molar-refractivity contribution >= 4 is 17.2 Å². The van der Waals surface area contributed by atoms with Crippen LogP contribution in [-0.4, -0.2) is 11.5 Å². The van der Waals surface area contributed by atoms with E-state index in [9.17, 15) is 0 Å². The highest BCUT2D eigenvalue weighted by Gasteiger charge is 2.07. The molecule has 2 heteroatoms. The summed E-state index contributed by atoms with van der Waals surface area (Å²) in [5.41, 5.74) is 6.35. The van der Waals surface area contributed by atoms with Crippen LogP contribution >= 0.6 is 0 Å². The van der Waals surface area contributed by atoms with Crippen LogP contribution in [0.4, 0.5) is 0 Å². The van der Waals surface area contributed by atoms with E-state index in [1.165, 1.54) is 5.56 Å². The summed E-state index contributed by atoms with van der Waals surface area (Å²) in [6, 6.07) is 28.9. The van der Waals surface area contributed by atoms with Gasteiger partial charge in [-0.2, -0.15) is 0 Å². The Morgan fingerprint density at radius 1 is 0.714 bits per heavy atom. The third-order valence-electron chi connectivity index (χ3n) is 4.47. The van der Waals surface area contributed by atoms with Crippen LogP contribution in [0, 0.1) is 6.92 Å². The number of benzene rings is 3. The number of rotatable bonds is 5. The van der Waals surface area contributed by atoms with E-state index in [-0.39, 0.29) is 0 Å². The smallest absolute Gasteiger partial charge is 0.160 e. The molecular weight excluding hydrogens is 340 g/mol. The Bertz CT molecular complexity index is 980. The topological polar surface area (TPSA) is 24.7 Å². The normalized spacial score (nSPS) is 12.9. The quantitative estimate of drug-likeness (QED) is 0.354. The molecule has 0 aromatic heterocycles. The number of amidine groups is 1. The van der Waals surface area contributed by atoms with Gasteiger partial charge in [-0.1, -0.05) is 103 Å². The van der Waals surface area contributed by atoms with E-state index in [0.29, 0.717) is 0 Å². The number of hydrogen-bond acceptors (Lipinski definition) is 1. The van der Waals surface area contributed by atoms with Crippen molar-refractivity contribution < 1.29 is 0 Å². The SMILES string of the molecule is CC/C=C(/N=C(N=C(C)c1ccccc1)c1ccccc1)c1ccc(C)cc1. The molecular formula is C26H26N2. The van der Waals surface area contributed by atoms with Crippen molar-refractivity contribution in [1.29, 1.82) is 0 Å². The highest BCUT2D eigenvalue weighted by Crippen LogP contribution is 2.20. The summed E-state index contributed by atoms with van der Waals surface area (Å²) in [4.78, 5) is 9.90. The van der Waals surface area contributed by atoms with Crippen LogP contribution in [0.5, 0.6) is 0 Å². The Hall–Kier alpha value is -3.26. The predicted octanol–water partition coefficient (Wildman–Crippen LogP) is 6.70. The first-order valence-corrected chi connectivity index (χ1v) is 9.69. The second-order valence-corrected chi connectivity index (χ2v) is 6.73. The Labute approximate surface area is 168 Å². The minimum absolute atomic E-state index is 0.724. The molecule has 3 aromatic rings. The Morgan fingerprint density at radius 2 is 1.29 bits per heavy atom. The molecule has 0 spiro atoms. The Morgan fingerprint density at radius 3 is 1.86 bits per heavy atom. The zero-order chi connectivity index (χ0) is 19.8. The first-order chi connectivity index (χ1) is 13.7. The molecule has 0 heterocycles. The van der Waals surface area contributed by atoms with Gasteiger partial charge >= 0.3 is 0 Å². The minimum Gasteiger partial charge on any atom is -0.233 e. The molecule has 0 N–H and O–H groups in total. The largest absolute Gasteiger partial charge is 0.233 e. The third-order valence-corrected chi connectivity index (χ3v) is 4.47. The highest BCUT2D eigenvalue weighted by molar-refractivity contribution is 6.12. The summed E-state index contributed by atoms with van der Waals surface area (Å²) in [6.45, 7) is 6.26. The Balaban J connectivity index is 2.09. The number of nitrogens with zero attached hydrogens (tertiary/aromatic N) is 2. The zero-order valence-corrected chi connectivity index (χ0v) is 16.8. The van der Waals surface area contributed by atoms with Crippen molar-refractivity contribution in [3.8, 4) is 0 Å². The summed E-state index contributed by atoms with van der Waals surface area (Å²) in [5.74, 6) is 0.724. The summed E-state index contributed by atoms with van der Waals surface area (Å²) in [7, 11) is 0. The maximum Gasteiger partial charge on any atom is 0.160 e. The van der Waals surface area contributed by atoms with Crippen LogP contribution in [-0.2, 0) is 0 Å². The van der Waals surface area contributed by atoms with Crippen molar-refractivity contribution in [2.75, 3.05) is 0 Å². The molecule has 0 aliphatic carbocycles. The molecule has 2 nitrogen and oxygen atoms in total. The fourth-order valence-electron chi connectivity index (χ4n) is 2.90. The van der Waals surface area contributed by atoms with E-state index in [4.69, 9.17) is 9.98 Å². The molecule has 3 rings (SSSR count). The minimum atomic E-state index is 0.724. The highest BCUT2D eigenvalue weighted by atomic mass is 14.9. The standard InChI is InChI=1S/C26H26N2/c1-4-11-25(23-18-16-20(2)17-19-23)28-26(24-14-9-6-10-15-24)27-21(3)22-12-7-5-8-13-22/h5-19H,4H2,1-3H3/b25-11+,27-21?,28-26?. The van der Waals surface area contributed by atoms with Gasteiger partial charge < -0.3 is 0 Å². The molecule has 140 valence electrons. The van der Waals surface area contributed by atoms with Crippen LogP contribution in [0.25, 0.3) is 5.70 Å². The predicted molar refractivity (Wildman–Crippen MR) is 121 cm³/mol. The molecule has 0 radical (unpaired) electrons. The van der Waals surface area contributed by atoms with Crippen molar-refractivity contribution in [2.24, 2.45) is 9.98 Å². The lowest BCUT2D eigenvalue weighted by atomic mass is 10.1. The fourth-order valence-corrected chi connectivity index (χ4v) is 2.90. The molecule has 0 amide bonds. The van der Waals surface area contributed by atoms with Gasteiger partial charge in [-0.15, -0.1) is 0 Å². The van der Waals surface area contributed by atoms with Gasteiger partial charge in [0.15, 0.2) is 5.84 Å². The molecule has 0 atom stereocenters. The number of aliphatic imine (C=N–C) groups is 2. The van der Waals surface area contributed by atoms with E-state index < -0.39 is 0 Å². The van der Waals surface area contributed by atoms with E-state index in [2.05, 4.69) is 68.5 Å². The maximum absolute atomic E-state index is 4.99. The van der Waals surface area contributed by atoms with Crippen LogP contribution in [0.2, 0.25) is 0 Å². The fraction of sp³-hybridized carbons (Fsp3) is 0.154. The van der Waals surface area contributed by atoms with Gasteiger partial charge in [0.25, 0.3) is 0 Å². The molecule has 0 saturated carbocycles. The third kappa shape index (κ3) is 5.14. The summed E-state index contributed by atoms with van der Waals surface area (Å²) >= 11 is 0. The van der Waals surface area contributed by atoms with Gasteiger partial charge in [0.05, 0.1) is 5.70 Å². The average molecular weight is 367 g/mol. The lowest BCUT2D eigenvalue weighted by Crippen LogP contribution is -2.04. The van der Waals surface area contributed by atoms with Gasteiger partial charge in [0, 0.05) is 11.3 Å². The van der Waals surface area contributed by atoms with Crippen molar-refractivity contribution in [2.45, 2.75) is 27.2 Å². The van der Waals surface area contributed by atoms with Crippen molar-refractivity contribution in [3.63, 3.8) is 0 Å². The number of aryl methyl sites for hydroxylation is 1. The molecule has 0 saturated heterocycles. The van der Waals surface area contributed by atoms with E-state index >= 15 is 0 Å². The monoisotopic (exact) mass is 366 g/mol. The molecule has 0 unspecified atom stereocenters. The van der Waals surface area contributed by atoms with Gasteiger partial charge in [0.1, 0.15) is 0 Å². The molecule has 28 heavy (non-hydrogen) atoms. The van der Waals surface area contributed by atoms with E-state index in [0.717, 1.165) is 40.4 Å². The lowest BCUT2D eigenvalue weighted by Gasteiger charge is -2.08. The zero-order valence-electron chi connectivity index (χ0n) is 16.8. The van der Waals surface area contributed by atoms with Crippen LogP contribution in [0.15, 0.2) is 101 Å². The van der Waals surface area contributed by atoms with Gasteiger partial charge in [0.2, 0.25) is 0 Å². The van der Waals surface area contributed by atoms with Gasteiger partial charge in [-0.25, -0.2) is 9.98 Å². The Kier molecular flexibility index (Phi) is 6.69. The van der Waals surface area contributed by atoms with Crippen LogP contribution < -0.4 is 0 Å². The van der Waals surface area contributed by atoms with E-state index in [1.807, 2.05) is 43.3 Å². The second kappa shape index (κ2) is 9.61. The van der Waals surface area contributed by atoms with Crippen LogP contribution in [0.1, 0.15) is 42.5 Å². The first kappa shape index (κ1) is 19.5. The van der Waals surface area contributed by atoms with Gasteiger partial charge in [-0.05, 0) is 31.4 Å². The lowest BCUT2D eigenvalue weighted by molar-refractivity contribution is 1.21. The molecule has 0 aliphatic rings. The number of allylic oxidation sites excluding steroid dienone is 1. The van der Waals surface area contributed by atoms with Crippen molar-refractivity contribution in [3.05, 3.63) is 113 Å². The van der Waals surface area contributed by atoms with Gasteiger partial charge in [-0.3, -0.25) is 0 Å². The molecule has 0 aliphatic heterocycles. The summed E-state index contributed by atoms with van der Waals surface area (Å²) < 4.78 is 0. The molecule has 0 fully saturated rings. The number of hydrogen-bond donors (Lipinski definition) is 0. The summed E-state index contributed by atoms with van der Waals surface area (Å²) in [6.07, 6.45) is 3.07.